The highest BCUT2D eigenvalue weighted by atomic mass is 32.1. The van der Waals surface area contributed by atoms with Crippen molar-refractivity contribution < 1.29 is 0 Å². The molecule has 0 bridgehead atoms. The van der Waals surface area contributed by atoms with E-state index in [1.165, 1.54) is 29.3 Å². The van der Waals surface area contributed by atoms with Gasteiger partial charge in [-0.1, -0.05) is 19.8 Å². The van der Waals surface area contributed by atoms with Gasteiger partial charge in [0.15, 0.2) is 0 Å². The maximum Gasteiger partial charge on any atom is 0.134 e. The number of hydrogen-bond donors (Lipinski definition) is 1. The molecule has 2 unspecified atom stereocenters. The largest absolute Gasteiger partial charge is 0.369 e. The molecule has 1 aliphatic rings. The molecule has 0 spiro atoms. The quantitative estimate of drug-likeness (QED) is 0.880. The van der Waals surface area contributed by atoms with Crippen LogP contribution in [0, 0.1) is 11.8 Å². The van der Waals surface area contributed by atoms with Crippen LogP contribution in [0.4, 0.5) is 5.82 Å². The van der Waals surface area contributed by atoms with Crippen molar-refractivity contribution in [2.24, 2.45) is 11.8 Å². The van der Waals surface area contributed by atoms with E-state index in [-0.39, 0.29) is 0 Å². The molecule has 0 amide bonds. The van der Waals surface area contributed by atoms with Crippen LogP contribution in [0.3, 0.4) is 0 Å². The van der Waals surface area contributed by atoms with Gasteiger partial charge in [0.05, 0.1) is 0 Å². The van der Waals surface area contributed by atoms with Crippen LogP contribution in [-0.4, -0.2) is 11.5 Å². The number of pyridine rings is 1. The highest BCUT2D eigenvalue weighted by Crippen LogP contribution is 2.32. The summed E-state index contributed by atoms with van der Waals surface area (Å²) in [6.45, 7) is 3.45. The van der Waals surface area contributed by atoms with Crippen LogP contribution in [0.25, 0.3) is 10.1 Å². The van der Waals surface area contributed by atoms with Gasteiger partial charge in [-0.25, -0.2) is 4.98 Å². The van der Waals surface area contributed by atoms with Gasteiger partial charge in [-0.2, -0.15) is 0 Å². The second-order valence-electron chi connectivity index (χ2n) is 5.04. The van der Waals surface area contributed by atoms with Crippen molar-refractivity contribution in [1.29, 1.82) is 0 Å². The van der Waals surface area contributed by atoms with Crippen LogP contribution in [0.1, 0.15) is 26.2 Å². The summed E-state index contributed by atoms with van der Waals surface area (Å²) in [5.74, 6) is 2.75. The molecule has 1 fully saturated rings. The smallest absolute Gasteiger partial charge is 0.134 e. The number of hydrogen-bond acceptors (Lipinski definition) is 3. The summed E-state index contributed by atoms with van der Waals surface area (Å²) in [7, 11) is 0. The number of anilines is 1. The maximum atomic E-state index is 4.46. The SMILES string of the molecule is CC1CCCC1CNc1nccc2sccc12. The average molecular weight is 246 g/mol. The highest BCUT2D eigenvalue weighted by Gasteiger charge is 2.23. The van der Waals surface area contributed by atoms with E-state index < -0.39 is 0 Å². The molecule has 0 aromatic carbocycles. The zero-order chi connectivity index (χ0) is 11.7. The minimum atomic E-state index is 0.825. The normalized spacial score (nSPS) is 24.3. The monoisotopic (exact) mass is 246 g/mol. The Hall–Kier alpha value is -1.09. The van der Waals surface area contributed by atoms with Crippen molar-refractivity contribution in [3.63, 3.8) is 0 Å². The fraction of sp³-hybridized carbons (Fsp3) is 0.500. The van der Waals surface area contributed by atoms with E-state index in [0.717, 1.165) is 24.2 Å². The Morgan fingerprint density at radius 2 is 2.35 bits per heavy atom. The Balaban J connectivity index is 1.74. The summed E-state index contributed by atoms with van der Waals surface area (Å²) in [4.78, 5) is 4.46. The zero-order valence-corrected chi connectivity index (χ0v) is 11.0. The molecule has 0 aliphatic heterocycles. The molecule has 17 heavy (non-hydrogen) atoms. The standard InChI is InChI=1S/C14H18N2S/c1-10-3-2-4-11(10)9-16-14-12-6-8-17-13(12)5-7-15-14/h5-8,10-11H,2-4,9H2,1H3,(H,15,16). The lowest BCUT2D eigenvalue weighted by molar-refractivity contribution is 0.439. The second-order valence-corrected chi connectivity index (χ2v) is 5.99. The fourth-order valence-corrected chi connectivity index (χ4v) is 3.57. The number of thiophene rings is 1. The van der Waals surface area contributed by atoms with Crippen molar-refractivity contribution in [3.05, 3.63) is 23.7 Å². The number of fused-ring (bicyclic) bond motifs is 1. The van der Waals surface area contributed by atoms with Gasteiger partial charge >= 0.3 is 0 Å². The second kappa shape index (κ2) is 4.65. The minimum Gasteiger partial charge on any atom is -0.369 e. The lowest BCUT2D eigenvalue weighted by Crippen LogP contribution is -2.17. The Labute approximate surface area is 106 Å². The number of nitrogens with one attached hydrogen (secondary N) is 1. The molecule has 0 radical (unpaired) electrons. The summed E-state index contributed by atoms with van der Waals surface area (Å²) < 4.78 is 1.32. The molecule has 2 aromatic heterocycles. The van der Waals surface area contributed by atoms with Crippen molar-refractivity contribution in [2.45, 2.75) is 26.2 Å². The Kier molecular flexibility index (Phi) is 3.02. The first-order valence-electron chi connectivity index (χ1n) is 6.40. The van der Waals surface area contributed by atoms with E-state index in [4.69, 9.17) is 0 Å². The van der Waals surface area contributed by atoms with Gasteiger partial charge in [0.25, 0.3) is 0 Å². The third-order valence-corrected chi connectivity index (χ3v) is 4.83. The minimum absolute atomic E-state index is 0.825. The topological polar surface area (TPSA) is 24.9 Å². The summed E-state index contributed by atoms with van der Waals surface area (Å²) in [6, 6.07) is 4.25. The third-order valence-electron chi connectivity index (χ3n) is 3.95. The Morgan fingerprint density at radius 3 is 3.18 bits per heavy atom. The van der Waals surface area contributed by atoms with Crippen molar-refractivity contribution in [2.75, 3.05) is 11.9 Å². The van der Waals surface area contributed by atoms with Gasteiger partial charge in [-0.3, -0.25) is 0 Å². The lowest BCUT2D eigenvalue weighted by Gasteiger charge is -2.16. The van der Waals surface area contributed by atoms with Gasteiger partial charge in [0.2, 0.25) is 0 Å². The van der Waals surface area contributed by atoms with Crippen molar-refractivity contribution in [1.82, 2.24) is 4.98 Å². The van der Waals surface area contributed by atoms with Crippen molar-refractivity contribution in [3.8, 4) is 0 Å². The van der Waals surface area contributed by atoms with E-state index in [1.807, 2.05) is 6.20 Å². The van der Waals surface area contributed by atoms with E-state index in [1.54, 1.807) is 11.3 Å². The van der Waals surface area contributed by atoms with E-state index in [2.05, 4.69) is 34.7 Å². The predicted molar refractivity (Wildman–Crippen MR) is 74.6 cm³/mol. The van der Waals surface area contributed by atoms with Crippen LogP contribution >= 0.6 is 11.3 Å². The van der Waals surface area contributed by atoms with Crippen LogP contribution in [0.5, 0.6) is 0 Å². The van der Waals surface area contributed by atoms with Gasteiger partial charge in [0, 0.05) is 22.8 Å². The summed E-state index contributed by atoms with van der Waals surface area (Å²) >= 11 is 1.78. The molecule has 1 N–H and O–H groups in total. The lowest BCUT2D eigenvalue weighted by atomic mass is 9.98. The molecule has 2 atom stereocenters. The molecule has 2 nitrogen and oxygen atoms in total. The van der Waals surface area contributed by atoms with E-state index >= 15 is 0 Å². The molecule has 2 aromatic rings. The zero-order valence-electron chi connectivity index (χ0n) is 10.1. The number of nitrogens with zero attached hydrogens (tertiary/aromatic N) is 1. The molecule has 3 rings (SSSR count). The van der Waals surface area contributed by atoms with Crippen LogP contribution < -0.4 is 5.32 Å². The average Bonchev–Trinajstić information content (AvgIpc) is 2.95. The van der Waals surface area contributed by atoms with Crippen LogP contribution in [0.15, 0.2) is 23.7 Å². The highest BCUT2D eigenvalue weighted by molar-refractivity contribution is 7.17. The van der Waals surface area contributed by atoms with Crippen LogP contribution in [0.2, 0.25) is 0 Å². The van der Waals surface area contributed by atoms with Gasteiger partial charge in [-0.15, -0.1) is 11.3 Å². The molecular weight excluding hydrogens is 228 g/mol. The molecule has 0 saturated heterocycles. The number of rotatable bonds is 3. The van der Waals surface area contributed by atoms with E-state index in [0.29, 0.717) is 0 Å². The molecule has 90 valence electrons. The first-order chi connectivity index (χ1) is 8.34. The predicted octanol–water partition coefficient (Wildman–Crippen LogP) is 4.14. The molecule has 1 saturated carbocycles. The summed E-state index contributed by atoms with van der Waals surface area (Å²) in [5, 5.41) is 6.94. The van der Waals surface area contributed by atoms with Crippen LogP contribution in [-0.2, 0) is 0 Å². The molecular formula is C14H18N2S. The van der Waals surface area contributed by atoms with Gasteiger partial charge in [-0.05, 0) is 35.8 Å². The van der Waals surface area contributed by atoms with E-state index in [9.17, 15) is 0 Å². The molecule has 1 aliphatic carbocycles. The van der Waals surface area contributed by atoms with Crippen molar-refractivity contribution >= 4 is 27.2 Å². The maximum absolute atomic E-state index is 4.46. The van der Waals surface area contributed by atoms with Gasteiger partial charge in [0.1, 0.15) is 5.82 Å². The number of aromatic nitrogens is 1. The van der Waals surface area contributed by atoms with Gasteiger partial charge < -0.3 is 5.32 Å². The molecule has 3 heteroatoms. The first-order valence-corrected chi connectivity index (χ1v) is 7.28. The third kappa shape index (κ3) is 2.16. The summed E-state index contributed by atoms with van der Waals surface area (Å²) in [5.41, 5.74) is 0. The Bertz CT molecular complexity index is 506. The summed E-state index contributed by atoms with van der Waals surface area (Å²) in [6.07, 6.45) is 6.05. The Morgan fingerprint density at radius 1 is 1.41 bits per heavy atom. The first kappa shape index (κ1) is 11.0. The fourth-order valence-electron chi connectivity index (χ4n) is 2.79. The molecule has 2 heterocycles.